The molecule has 1 heterocycles. The van der Waals surface area contributed by atoms with Crippen molar-refractivity contribution in [2.75, 3.05) is 14.2 Å². The number of benzene rings is 2. The molecule has 0 bridgehead atoms. The Kier molecular flexibility index (Phi) is 6.67. The molecule has 0 spiro atoms. The molecule has 1 aromatic heterocycles. The first-order valence-electron chi connectivity index (χ1n) is 10.7. The average molecular weight is 462 g/mol. The topological polar surface area (TPSA) is 105 Å². The van der Waals surface area contributed by atoms with Crippen LogP contribution in [0.25, 0.3) is 17.2 Å². The third-order valence-corrected chi connectivity index (χ3v) is 5.99. The SMILES string of the molecule is COc1cc(/C=C2/C(C)=C(CCC(=O)c3cnc[nH]3)c3cc(F)ccc32)cc(OC)c1B(O)O. The molecule has 7 nitrogen and oxygen atoms in total. The number of allylic oxidation sites excluding steroid dienone is 3. The van der Waals surface area contributed by atoms with E-state index in [1.807, 2.05) is 13.0 Å². The molecular weight excluding hydrogens is 438 g/mol. The third-order valence-electron chi connectivity index (χ3n) is 5.99. The molecule has 9 heteroatoms. The summed E-state index contributed by atoms with van der Waals surface area (Å²) in [5, 5.41) is 19.5. The number of Topliss-reactive ketones (excluding diaryl/α,β-unsaturated/α-hetero) is 1. The molecule has 2 aromatic carbocycles. The van der Waals surface area contributed by atoms with Gasteiger partial charge in [-0.25, -0.2) is 9.37 Å². The number of methoxy groups -OCH3 is 2. The zero-order valence-corrected chi connectivity index (χ0v) is 19.1. The summed E-state index contributed by atoms with van der Waals surface area (Å²) >= 11 is 0. The van der Waals surface area contributed by atoms with E-state index in [2.05, 4.69) is 9.97 Å². The van der Waals surface area contributed by atoms with Gasteiger partial charge in [0.1, 0.15) is 23.0 Å². The van der Waals surface area contributed by atoms with Gasteiger partial charge in [-0.1, -0.05) is 6.07 Å². The number of aromatic amines is 1. The van der Waals surface area contributed by atoms with E-state index in [0.717, 1.165) is 27.8 Å². The molecule has 1 aliphatic carbocycles. The molecule has 0 fully saturated rings. The summed E-state index contributed by atoms with van der Waals surface area (Å²) in [4.78, 5) is 19.2. The molecule has 4 rings (SSSR count). The van der Waals surface area contributed by atoms with Gasteiger partial charge in [0.2, 0.25) is 0 Å². The second-order valence-corrected chi connectivity index (χ2v) is 7.95. The highest BCUT2D eigenvalue weighted by Crippen LogP contribution is 2.44. The zero-order chi connectivity index (χ0) is 24.4. The summed E-state index contributed by atoms with van der Waals surface area (Å²) in [5.41, 5.74) is 5.59. The number of nitrogens with one attached hydrogen (secondary N) is 1. The number of hydrogen-bond donors (Lipinski definition) is 3. The number of carbonyl (C=O) groups excluding carboxylic acids is 1. The minimum Gasteiger partial charge on any atom is -0.497 e. The lowest BCUT2D eigenvalue weighted by atomic mass is 9.78. The van der Waals surface area contributed by atoms with Crippen LogP contribution in [0.2, 0.25) is 0 Å². The minimum absolute atomic E-state index is 0.0687. The molecular formula is C25H24BFN2O5. The summed E-state index contributed by atoms with van der Waals surface area (Å²) in [6.07, 6.45) is 5.56. The number of carbonyl (C=O) groups is 1. The van der Waals surface area contributed by atoms with Crippen LogP contribution in [-0.4, -0.2) is 47.1 Å². The van der Waals surface area contributed by atoms with E-state index in [0.29, 0.717) is 17.7 Å². The Hall–Kier alpha value is -3.69. The van der Waals surface area contributed by atoms with Crippen LogP contribution < -0.4 is 14.9 Å². The highest BCUT2D eigenvalue weighted by Gasteiger charge is 2.27. The van der Waals surface area contributed by atoms with Crippen molar-refractivity contribution in [3.8, 4) is 11.5 Å². The third kappa shape index (κ3) is 4.40. The number of H-pyrrole nitrogens is 1. The molecule has 0 amide bonds. The van der Waals surface area contributed by atoms with Crippen LogP contribution in [0, 0.1) is 5.82 Å². The van der Waals surface area contributed by atoms with Gasteiger partial charge in [-0.2, -0.15) is 0 Å². The van der Waals surface area contributed by atoms with E-state index >= 15 is 0 Å². The lowest BCUT2D eigenvalue weighted by Crippen LogP contribution is -2.32. The molecule has 34 heavy (non-hydrogen) atoms. The Morgan fingerprint density at radius 2 is 1.85 bits per heavy atom. The van der Waals surface area contributed by atoms with Crippen molar-refractivity contribution in [2.45, 2.75) is 19.8 Å². The van der Waals surface area contributed by atoms with Gasteiger partial charge in [0.15, 0.2) is 5.78 Å². The number of hydrogen-bond acceptors (Lipinski definition) is 6. The summed E-state index contributed by atoms with van der Waals surface area (Å²) in [6, 6.07) is 7.98. The van der Waals surface area contributed by atoms with Crippen LogP contribution in [0.5, 0.6) is 11.5 Å². The van der Waals surface area contributed by atoms with Crippen LogP contribution in [0.15, 0.2) is 48.4 Å². The molecule has 0 aliphatic heterocycles. The van der Waals surface area contributed by atoms with Gasteiger partial charge in [-0.05, 0) is 77.1 Å². The van der Waals surface area contributed by atoms with E-state index in [9.17, 15) is 19.2 Å². The van der Waals surface area contributed by atoms with Gasteiger partial charge in [0, 0.05) is 6.42 Å². The number of ketones is 1. The molecule has 0 radical (unpaired) electrons. The number of halogens is 1. The molecule has 3 aromatic rings. The zero-order valence-electron chi connectivity index (χ0n) is 19.1. The standard InChI is InChI=1S/C25H24BFN2O5/c1-14-17(6-7-22(30)21-12-28-13-29-21)20-11-16(27)4-5-18(20)19(14)8-15-9-23(33-2)25(26(31)32)24(10-15)34-3/h4-5,8-13,31-32H,6-7H2,1-3H3,(H,28,29)/b19-8-. The molecule has 0 saturated heterocycles. The molecule has 1 aliphatic rings. The van der Waals surface area contributed by atoms with Crippen LogP contribution in [-0.2, 0) is 0 Å². The maximum absolute atomic E-state index is 14.2. The minimum atomic E-state index is -1.76. The predicted octanol–water partition coefficient (Wildman–Crippen LogP) is 3.24. The first-order chi connectivity index (χ1) is 16.3. The van der Waals surface area contributed by atoms with E-state index in [4.69, 9.17) is 9.47 Å². The predicted molar refractivity (Wildman–Crippen MR) is 128 cm³/mol. The smallest absolute Gasteiger partial charge is 0.496 e. The van der Waals surface area contributed by atoms with Crippen molar-refractivity contribution >= 4 is 35.6 Å². The maximum atomic E-state index is 14.2. The van der Waals surface area contributed by atoms with Gasteiger partial charge in [-0.3, -0.25) is 4.79 Å². The van der Waals surface area contributed by atoms with Gasteiger partial charge in [0.05, 0.1) is 32.2 Å². The van der Waals surface area contributed by atoms with E-state index < -0.39 is 7.12 Å². The number of imidazole rings is 1. The highest BCUT2D eigenvalue weighted by molar-refractivity contribution is 6.61. The summed E-state index contributed by atoms with van der Waals surface area (Å²) < 4.78 is 24.9. The Morgan fingerprint density at radius 3 is 2.44 bits per heavy atom. The number of fused-ring (bicyclic) bond motifs is 1. The summed E-state index contributed by atoms with van der Waals surface area (Å²) in [7, 11) is 1.11. The van der Waals surface area contributed by atoms with Crippen molar-refractivity contribution in [2.24, 2.45) is 0 Å². The van der Waals surface area contributed by atoms with Crippen molar-refractivity contribution < 1.29 is 28.7 Å². The molecule has 0 atom stereocenters. The quantitative estimate of drug-likeness (QED) is 0.351. The Labute approximate surface area is 196 Å². The number of ether oxygens (including phenoxy) is 2. The fourth-order valence-corrected chi connectivity index (χ4v) is 4.32. The van der Waals surface area contributed by atoms with Crippen molar-refractivity contribution in [3.63, 3.8) is 0 Å². The fraction of sp³-hybridized carbons (Fsp3) is 0.200. The van der Waals surface area contributed by atoms with Crippen LogP contribution in [0.3, 0.4) is 0 Å². The first kappa shape index (κ1) is 23.5. The lowest BCUT2D eigenvalue weighted by Gasteiger charge is -2.14. The summed E-state index contributed by atoms with van der Waals surface area (Å²) in [6.45, 7) is 1.94. The van der Waals surface area contributed by atoms with Crippen LogP contribution in [0.1, 0.15) is 46.9 Å². The second kappa shape index (κ2) is 9.66. The van der Waals surface area contributed by atoms with Crippen molar-refractivity contribution in [3.05, 3.63) is 76.6 Å². The van der Waals surface area contributed by atoms with Gasteiger partial charge >= 0.3 is 7.12 Å². The Balaban J connectivity index is 1.76. The van der Waals surface area contributed by atoms with E-state index in [1.54, 1.807) is 18.2 Å². The molecule has 0 unspecified atom stereocenters. The maximum Gasteiger partial charge on any atom is 0.496 e. The van der Waals surface area contributed by atoms with Crippen LogP contribution in [0.4, 0.5) is 4.39 Å². The summed E-state index contributed by atoms with van der Waals surface area (Å²) in [5.74, 6) is 0.117. The van der Waals surface area contributed by atoms with Gasteiger partial charge in [0.25, 0.3) is 0 Å². The monoisotopic (exact) mass is 462 g/mol. The second-order valence-electron chi connectivity index (χ2n) is 7.95. The Bertz CT molecular complexity index is 1270. The number of aromatic nitrogens is 2. The van der Waals surface area contributed by atoms with Gasteiger partial charge < -0.3 is 24.5 Å². The number of nitrogens with zero attached hydrogens (tertiary/aromatic N) is 1. The van der Waals surface area contributed by atoms with Crippen molar-refractivity contribution in [1.29, 1.82) is 0 Å². The number of rotatable bonds is 8. The normalized spacial score (nSPS) is 13.9. The first-order valence-corrected chi connectivity index (χ1v) is 10.7. The van der Waals surface area contributed by atoms with Crippen molar-refractivity contribution in [1.82, 2.24) is 9.97 Å². The molecule has 174 valence electrons. The highest BCUT2D eigenvalue weighted by atomic mass is 19.1. The average Bonchev–Trinajstić information content (AvgIpc) is 3.44. The van der Waals surface area contributed by atoms with E-state index in [1.165, 1.54) is 38.9 Å². The largest absolute Gasteiger partial charge is 0.497 e. The van der Waals surface area contributed by atoms with E-state index in [-0.39, 0.29) is 35.0 Å². The lowest BCUT2D eigenvalue weighted by molar-refractivity contribution is 0.0980. The fourth-order valence-electron chi connectivity index (χ4n) is 4.32. The van der Waals surface area contributed by atoms with Crippen LogP contribution >= 0.6 is 0 Å². The Morgan fingerprint density at radius 1 is 1.15 bits per heavy atom. The van der Waals surface area contributed by atoms with Gasteiger partial charge in [-0.15, -0.1) is 0 Å². The molecule has 3 N–H and O–H groups in total. The molecule has 0 saturated carbocycles.